The number of ether oxygens (including phenoxy) is 2. The monoisotopic (exact) mass is 324 g/mol. The highest BCUT2D eigenvalue weighted by molar-refractivity contribution is 9.08. The van der Waals surface area contributed by atoms with Crippen LogP contribution in [0.5, 0.6) is 17.2 Å². The summed E-state index contributed by atoms with van der Waals surface area (Å²) in [7, 11) is 0. The van der Waals surface area contributed by atoms with E-state index in [0.29, 0.717) is 23.4 Å². The highest BCUT2D eigenvalue weighted by atomic mass is 79.9. The molecule has 2 rings (SSSR count). The van der Waals surface area contributed by atoms with Gasteiger partial charge in [0.2, 0.25) is 0 Å². The first-order valence-corrected chi connectivity index (χ1v) is 7.10. The second-order valence-corrected chi connectivity index (χ2v) is 4.46. The molecule has 0 amide bonds. The topological polar surface area (TPSA) is 18.5 Å². The van der Waals surface area contributed by atoms with Crippen LogP contribution in [0.2, 0.25) is 0 Å². The summed E-state index contributed by atoms with van der Waals surface area (Å²) in [5, 5.41) is 0.533. The lowest BCUT2D eigenvalue weighted by Gasteiger charge is -2.11. The van der Waals surface area contributed by atoms with Crippen molar-refractivity contribution in [3.63, 3.8) is 0 Å². The summed E-state index contributed by atoms with van der Waals surface area (Å²) >= 11 is 3.32. The third-order valence-electron chi connectivity index (χ3n) is 2.51. The zero-order valence-electron chi connectivity index (χ0n) is 10.5. The van der Waals surface area contributed by atoms with Crippen LogP contribution in [0.4, 0.5) is 4.39 Å². The lowest BCUT2D eigenvalue weighted by Crippen LogP contribution is -1.93. The van der Waals surface area contributed by atoms with E-state index in [1.165, 1.54) is 12.1 Å². The Hall–Kier alpha value is -1.55. The van der Waals surface area contributed by atoms with Crippen LogP contribution in [0.25, 0.3) is 0 Å². The van der Waals surface area contributed by atoms with E-state index >= 15 is 0 Å². The third kappa shape index (κ3) is 3.70. The van der Waals surface area contributed by atoms with Gasteiger partial charge in [0, 0.05) is 17.0 Å². The van der Waals surface area contributed by atoms with Crippen LogP contribution in [-0.4, -0.2) is 6.61 Å². The number of alkyl halides is 1. The van der Waals surface area contributed by atoms with Crippen molar-refractivity contribution in [3.8, 4) is 17.2 Å². The average molecular weight is 325 g/mol. The molecule has 0 atom stereocenters. The van der Waals surface area contributed by atoms with Crippen LogP contribution in [0.3, 0.4) is 0 Å². The van der Waals surface area contributed by atoms with Crippen molar-refractivity contribution in [3.05, 3.63) is 53.8 Å². The highest BCUT2D eigenvalue weighted by Crippen LogP contribution is 2.29. The smallest absolute Gasteiger partial charge is 0.131 e. The van der Waals surface area contributed by atoms with Gasteiger partial charge in [0.1, 0.15) is 23.1 Å². The molecule has 2 aromatic rings. The van der Waals surface area contributed by atoms with E-state index in [0.717, 1.165) is 11.3 Å². The van der Waals surface area contributed by atoms with Gasteiger partial charge >= 0.3 is 0 Å². The molecular formula is C15H14BrFO2. The number of halogens is 2. The van der Waals surface area contributed by atoms with Gasteiger partial charge in [-0.05, 0) is 37.3 Å². The minimum absolute atomic E-state index is 0.273. The van der Waals surface area contributed by atoms with Crippen LogP contribution >= 0.6 is 15.9 Å². The Morgan fingerprint density at radius 1 is 1.11 bits per heavy atom. The molecule has 0 bridgehead atoms. The maximum atomic E-state index is 13.1. The van der Waals surface area contributed by atoms with Gasteiger partial charge in [0.15, 0.2) is 0 Å². The van der Waals surface area contributed by atoms with Gasteiger partial charge in [-0.3, -0.25) is 0 Å². The Kier molecular flexibility index (Phi) is 4.80. The lowest BCUT2D eigenvalue weighted by atomic mass is 10.2. The van der Waals surface area contributed by atoms with Gasteiger partial charge in [0.25, 0.3) is 0 Å². The number of hydrogen-bond acceptors (Lipinski definition) is 2. The normalized spacial score (nSPS) is 10.3. The van der Waals surface area contributed by atoms with E-state index in [9.17, 15) is 4.39 Å². The zero-order valence-corrected chi connectivity index (χ0v) is 12.1. The minimum atomic E-state index is -0.273. The van der Waals surface area contributed by atoms with Crippen molar-refractivity contribution >= 4 is 15.9 Å². The van der Waals surface area contributed by atoms with Gasteiger partial charge in [-0.2, -0.15) is 0 Å². The summed E-state index contributed by atoms with van der Waals surface area (Å²) in [4.78, 5) is 0. The van der Waals surface area contributed by atoms with Gasteiger partial charge in [0.05, 0.1) is 6.61 Å². The van der Waals surface area contributed by atoms with Crippen molar-refractivity contribution < 1.29 is 13.9 Å². The fourth-order valence-electron chi connectivity index (χ4n) is 1.67. The Morgan fingerprint density at radius 3 is 2.63 bits per heavy atom. The molecule has 0 aliphatic rings. The first kappa shape index (κ1) is 13.9. The minimum Gasteiger partial charge on any atom is -0.494 e. The first-order chi connectivity index (χ1) is 9.22. The molecule has 0 aliphatic heterocycles. The average Bonchev–Trinajstić information content (AvgIpc) is 2.41. The molecule has 19 heavy (non-hydrogen) atoms. The molecule has 0 spiro atoms. The van der Waals surface area contributed by atoms with Crippen molar-refractivity contribution in [2.75, 3.05) is 6.61 Å². The molecule has 0 N–H and O–H groups in total. The molecule has 100 valence electrons. The molecule has 0 saturated carbocycles. The summed E-state index contributed by atoms with van der Waals surface area (Å²) in [6, 6.07) is 11.8. The third-order valence-corrected chi connectivity index (χ3v) is 3.11. The quantitative estimate of drug-likeness (QED) is 0.727. The summed E-state index contributed by atoms with van der Waals surface area (Å²) in [6.07, 6.45) is 0. The molecule has 0 unspecified atom stereocenters. The van der Waals surface area contributed by atoms with E-state index in [4.69, 9.17) is 9.47 Å². The second-order valence-electron chi connectivity index (χ2n) is 3.90. The zero-order chi connectivity index (χ0) is 13.7. The van der Waals surface area contributed by atoms with Gasteiger partial charge in [-0.1, -0.05) is 22.0 Å². The van der Waals surface area contributed by atoms with Crippen LogP contribution in [-0.2, 0) is 5.33 Å². The van der Waals surface area contributed by atoms with Gasteiger partial charge in [-0.25, -0.2) is 4.39 Å². The Morgan fingerprint density at radius 2 is 1.89 bits per heavy atom. The molecule has 4 heteroatoms. The Labute approximate surface area is 120 Å². The molecular weight excluding hydrogens is 311 g/mol. The van der Waals surface area contributed by atoms with Gasteiger partial charge in [-0.15, -0.1) is 0 Å². The summed E-state index contributed by atoms with van der Waals surface area (Å²) in [5.74, 6) is 1.78. The number of rotatable bonds is 5. The van der Waals surface area contributed by atoms with Crippen LogP contribution in [0, 0.1) is 5.82 Å². The van der Waals surface area contributed by atoms with Crippen molar-refractivity contribution in [2.45, 2.75) is 12.3 Å². The van der Waals surface area contributed by atoms with E-state index in [1.807, 2.05) is 31.2 Å². The molecule has 2 nitrogen and oxygen atoms in total. The fourth-order valence-corrected chi connectivity index (χ4v) is 2.11. The van der Waals surface area contributed by atoms with Crippen molar-refractivity contribution in [2.24, 2.45) is 0 Å². The van der Waals surface area contributed by atoms with Crippen LogP contribution in [0.1, 0.15) is 12.5 Å². The van der Waals surface area contributed by atoms with Crippen molar-refractivity contribution in [1.82, 2.24) is 0 Å². The van der Waals surface area contributed by atoms with Gasteiger partial charge < -0.3 is 9.47 Å². The van der Waals surface area contributed by atoms with E-state index in [2.05, 4.69) is 15.9 Å². The van der Waals surface area contributed by atoms with E-state index in [1.54, 1.807) is 6.07 Å². The van der Waals surface area contributed by atoms with E-state index in [-0.39, 0.29) is 5.82 Å². The molecule has 0 saturated heterocycles. The largest absolute Gasteiger partial charge is 0.494 e. The maximum absolute atomic E-state index is 13.1. The van der Waals surface area contributed by atoms with E-state index < -0.39 is 0 Å². The molecule has 0 aliphatic carbocycles. The number of benzene rings is 2. The molecule has 0 radical (unpaired) electrons. The first-order valence-electron chi connectivity index (χ1n) is 5.98. The molecule has 0 aromatic heterocycles. The molecule has 0 fully saturated rings. The highest BCUT2D eigenvalue weighted by Gasteiger charge is 2.06. The van der Waals surface area contributed by atoms with Crippen molar-refractivity contribution in [1.29, 1.82) is 0 Å². The standard InChI is InChI=1S/C15H14BrFO2/c1-2-18-13-4-3-5-14(9-13)19-15-7-6-12(17)8-11(15)10-16/h3-9H,2,10H2,1H3. The maximum Gasteiger partial charge on any atom is 0.131 e. The Bertz CT molecular complexity index is 558. The predicted octanol–water partition coefficient (Wildman–Crippen LogP) is 4.91. The summed E-state index contributed by atoms with van der Waals surface area (Å²) in [5.41, 5.74) is 0.766. The van der Waals surface area contributed by atoms with Crippen LogP contribution < -0.4 is 9.47 Å². The SMILES string of the molecule is CCOc1cccc(Oc2ccc(F)cc2CBr)c1. The predicted molar refractivity (Wildman–Crippen MR) is 76.7 cm³/mol. The summed E-state index contributed by atoms with van der Waals surface area (Å²) in [6.45, 7) is 2.53. The Balaban J connectivity index is 2.23. The molecule has 2 aromatic carbocycles. The lowest BCUT2D eigenvalue weighted by molar-refractivity contribution is 0.338. The second kappa shape index (κ2) is 6.57. The fraction of sp³-hybridized carbons (Fsp3) is 0.200. The number of hydrogen-bond donors (Lipinski definition) is 0. The van der Waals surface area contributed by atoms with Crippen LogP contribution in [0.15, 0.2) is 42.5 Å². The molecule has 0 heterocycles. The summed E-state index contributed by atoms with van der Waals surface area (Å²) < 4.78 is 24.3.